The monoisotopic (exact) mass is 198 g/mol. The van der Waals surface area contributed by atoms with E-state index in [1.54, 1.807) is 18.5 Å². The van der Waals surface area contributed by atoms with E-state index in [1.165, 1.54) is 0 Å². The smallest absolute Gasteiger partial charge is 0.122 e. The van der Waals surface area contributed by atoms with Crippen molar-refractivity contribution in [3.63, 3.8) is 0 Å². The Kier molecular flexibility index (Phi) is 2.38. The number of rotatable bonds is 1. The Balaban J connectivity index is 2.43. The van der Waals surface area contributed by atoms with Gasteiger partial charge in [0.05, 0.1) is 24.0 Å². The molecule has 0 radical (unpaired) electrons. The molecule has 1 aliphatic heterocycles. The molecule has 0 aliphatic carbocycles. The van der Waals surface area contributed by atoms with Crippen molar-refractivity contribution in [2.45, 2.75) is 0 Å². The van der Waals surface area contributed by atoms with Gasteiger partial charge >= 0.3 is 0 Å². The summed E-state index contributed by atoms with van der Waals surface area (Å²) in [4.78, 5) is 5.81. The number of benzene rings is 1. The lowest BCUT2D eigenvalue weighted by molar-refractivity contribution is 0.987. The van der Waals surface area contributed by atoms with Crippen LogP contribution in [-0.4, -0.2) is 12.8 Å². The van der Waals surface area contributed by atoms with E-state index in [-0.39, 0.29) is 0 Å². The number of aliphatic imine (C=N–C) groups is 1. The molecule has 0 spiro atoms. The minimum Gasteiger partial charge on any atom is -0.384 e. The zero-order valence-electron chi connectivity index (χ0n) is 8.09. The van der Waals surface area contributed by atoms with Crippen LogP contribution < -0.4 is 10.6 Å². The third kappa shape index (κ3) is 1.67. The molecule has 0 saturated carbocycles. The summed E-state index contributed by atoms with van der Waals surface area (Å²) in [5.74, 6) is 0.556. The van der Waals surface area contributed by atoms with Gasteiger partial charge in [-0.05, 0) is 12.1 Å². The van der Waals surface area contributed by atoms with Crippen LogP contribution in [-0.2, 0) is 0 Å². The molecule has 1 aromatic rings. The minimum atomic E-state index is 0.556. The number of nitrogens with two attached hydrogens (primary N) is 1. The molecule has 2 rings (SSSR count). The number of hydrogen-bond donors (Lipinski definition) is 1. The van der Waals surface area contributed by atoms with Crippen LogP contribution in [0.4, 0.5) is 5.69 Å². The highest BCUT2D eigenvalue weighted by Crippen LogP contribution is 2.22. The molecule has 1 aliphatic rings. The Bertz CT molecular complexity index is 468. The first kappa shape index (κ1) is 9.28. The molecular weight excluding hydrogens is 188 g/mol. The Morgan fingerprint density at radius 3 is 2.93 bits per heavy atom. The largest absolute Gasteiger partial charge is 0.384 e. The van der Waals surface area contributed by atoms with Crippen LogP contribution in [0.3, 0.4) is 0 Å². The maximum Gasteiger partial charge on any atom is 0.122 e. The van der Waals surface area contributed by atoms with Gasteiger partial charge in [0.2, 0.25) is 0 Å². The van der Waals surface area contributed by atoms with Gasteiger partial charge in [0.15, 0.2) is 0 Å². The van der Waals surface area contributed by atoms with E-state index in [1.807, 2.05) is 23.1 Å². The number of nitrogens with zero attached hydrogens (tertiary/aromatic N) is 3. The van der Waals surface area contributed by atoms with E-state index in [4.69, 9.17) is 11.0 Å². The predicted molar refractivity (Wildman–Crippen MR) is 59.3 cm³/mol. The van der Waals surface area contributed by atoms with Crippen molar-refractivity contribution in [3.8, 4) is 6.07 Å². The van der Waals surface area contributed by atoms with Crippen LogP contribution in [0, 0.1) is 11.3 Å². The summed E-state index contributed by atoms with van der Waals surface area (Å²) in [5.41, 5.74) is 7.23. The second-order valence-corrected chi connectivity index (χ2v) is 3.13. The van der Waals surface area contributed by atoms with E-state index in [0.29, 0.717) is 17.9 Å². The van der Waals surface area contributed by atoms with Gasteiger partial charge in [0, 0.05) is 6.21 Å². The molecule has 0 saturated heterocycles. The first-order valence-corrected chi connectivity index (χ1v) is 4.57. The van der Waals surface area contributed by atoms with Gasteiger partial charge in [0.25, 0.3) is 0 Å². The number of para-hydroxylation sites is 1. The van der Waals surface area contributed by atoms with Crippen molar-refractivity contribution in [1.82, 2.24) is 0 Å². The summed E-state index contributed by atoms with van der Waals surface area (Å²) in [5, 5.41) is 8.96. The molecule has 4 nitrogen and oxygen atoms in total. The highest BCUT2D eigenvalue weighted by atomic mass is 15.2. The van der Waals surface area contributed by atoms with Gasteiger partial charge in [-0.25, -0.2) is 0 Å². The second kappa shape index (κ2) is 3.84. The Morgan fingerprint density at radius 2 is 2.20 bits per heavy atom. The summed E-state index contributed by atoms with van der Waals surface area (Å²) >= 11 is 0. The predicted octanol–water partition coefficient (Wildman–Crippen LogP) is 1.21. The lowest BCUT2D eigenvalue weighted by atomic mass is 10.1. The standard InChI is InChI=1S/C11H10N4/c12-7-9-3-1-2-4-10(9)15-6-5-14-8-11(15)13/h1-5,8H,6,13H2. The fourth-order valence-corrected chi connectivity index (χ4v) is 1.47. The maximum atomic E-state index is 8.96. The topological polar surface area (TPSA) is 65.4 Å². The molecule has 2 N–H and O–H groups in total. The van der Waals surface area contributed by atoms with E-state index >= 15 is 0 Å². The average Bonchev–Trinajstić information content (AvgIpc) is 2.30. The Labute approximate surface area is 87.9 Å². The first-order valence-electron chi connectivity index (χ1n) is 4.57. The van der Waals surface area contributed by atoms with Crippen molar-refractivity contribution < 1.29 is 0 Å². The SMILES string of the molecule is N#Cc1ccccc1N1CC=NC=C1N. The summed E-state index contributed by atoms with van der Waals surface area (Å²) in [6.45, 7) is 0.598. The summed E-state index contributed by atoms with van der Waals surface area (Å²) in [6.07, 6.45) is 3.34. The third-order valence-electron chi connectivity index (χ3n) is 2.20. The third-order valence-corrected chi connectivity index (χ3v) is 2.20. The van der Waals surface area contributed by atoms with Gasteiger partial charge in [-0.3, -0.25) is 4.99 Å². The molecule has 0 amide bonds. The molecule has 1 heterocycles. The van der Waals surface area contributed by atoms with Crippen LogP contribution in [0.2, 0.25) is 0 Å². The average molecular weight is 198 g/mol. The summed E-state index contributed by atoms with van der Waals surface area (Å²) in [7, 11) is 0. The van der Waals surface area contributed by atoms with Crippen molar-refractivity contribution in [1.29, 1.82) is 5.26 Å². The summed E-state index contributed by atoms with van der Waals surface area (Å²) < 4.78 is 0. The molecule has 1 aromatic carbocycles. The van der Waals surface area contributed by atoms with E-state index in [0.717, 1.165) is 5.69 Å². The quantitative estimate of drug-likeness (QED) is 0.737. The fraction of sp³-hybridized carbons (Fsp3) is 0.0909. The lowest BCUT2D eigenvalue weighted by Crippen LogP contribution is -2.31. The van der Waals surface area contributed by atoms with Crippen LogP contribution in [0.5, 0.6) is 0 Å². The van der Waals surface area contributed by atoms with Gasteiger partial charge in [-0.15, -0.1) is 0 Å². The number of hydrogen-bond acceptors (Lipinski definition) is 4. The molecule has 74 valence electrons. The van der Waals surface area contributed by atoms with Crippen molar-refractivity contribution in [2.24, 2.45) is 10.7 Å². The molecule has 0 aromatic heterocycles. The minimum absolute atomic E-state index is 0.556. The molecule has 0 fully saturated rings. The number of anilines is 1. The van der Waals surface area contributed by atoms with Crippen LogP contribution in [0.15, 0.2) is 41.3 Å². The molecule has 0 unspecified atom stereocenters. The Morgan fingerprint density at radius 1 is 1.40 bits per heavy atom. The molecule has 0 bridgehead atoms. The Hall–Kier alpha value is -2.28. The van der Waals surface area contributed by atoms with Crippen LogP contribution in [0.25, 0.3) is 0 Å². The van der Waals surface area contributed by atoms with Crippen LogP contribution in [0.1, 0.15) is 5.56 Å². The molecule has 0 atom stereocenters. The lowest BCUT2D eigenvalue weighted by Gasteiger charge is -2.25. The van der Waals surface area contributed by atoms with Crippen molar-refractivity contribution in [2.75, 3.05) is 11.4 Å². The molecule has 15 heavy (non-hydrogen) atoms. The van der Waals surface area contributed by atoms with Gasteiger partial charge in [-0.2, -0.15) is 5.26 Å². The highest BCUT2D eigenvalue weighted by molar-refractivity contribution is 5.73. The zero-order valence-corrected chi connectivity index (χ0v) is 8.09. The fourth-order valence-electron chi connectivity index (χ4n) is 1.47. The van der Waals surface area contributed by atoms with Crippen molar-refractivity contribution >= 4 is 11.9 Å². The van der Waals surface area contributed by atoms with E-state index in [9.17, 15) is 0 Å². The van der Waals surface area contributed by atoms with Crippen molar-refractivity contribution in [3.05, 3.63) is 41.8 Å². The number of nitriles is 1. The van der Waals surface area contributed by atoms with Gasteiger partial charge < -0.3 is 10.6 Å². The molecule has 4 heteroatoms. The second-order valence-electron chi connectivity index (χ2n) is 3.13. The highest BCUT2D eigenvalue weighted by Gasteiger charge is 2.13. The van der Waals surface area contributed by atoms with Gasteiger partial charge in [0.1, 0.15) is 11.9 Å². The molecular formula is C11H10N4. The first-order chi connectivity index (χ1) is 7.33. The van der Waals surface area contributed by atoms with Crippen LogP contribution >= 0.6 is 0 Å². The normalized spacial score (nSPS) is 14.6. The van der Waals surface area contributed by atoms with E-state index < -0.39 is 0 Å². The maximum absolute atomic E-state index is 8.96. The summed E-state index contributed by atoms with van der Waals surface area (Å²) in [6, 6.07) is 9.51. The van der Waals surface area contributed by atoms with E-state index in [2.05, 4.69) is 11.1 Å². The van der Waals surface area contributed by atoms with Gasteiger partial charge in [-0.1, -0.05) is 12.1 Å². The zero-order chi connectivity index (χ0) is 10.7.